The number of benzene rings is 1. The fraction of sp³-hybridized carbons (Fsp3) is 0.538. The van der Waals surface area contributed by atoms with Gasteiger partial charge < -0.3 is 10.6 Å². The summed E-state index contributed by atoms with van der Waals surface area (Å²) in [6, 6.07) is 5.06. The Bertz CT molecular complexity index is 365. The lowest BCUT2D eigenvalue weighted by Gasteiger charge is -2.24. The first-order chi connectivity index (χ1) is 7.68. The summed E-state index contributed by atoms with van der Waals surface area (Å²) < 4.78 is 13.4. The number of nitrogens with two attached hydrogens (primary N) is 1. The van der Waals surface area contributed by atoms with Crippen LogP contribution in [0.4, 0.5) is 15.8 Å². The lowest BCUT2D eigenvalue weighted by atomic mass is 10.0. The van der Waals surface area contributed by atoms with Gasteiger partial charge in [-0.2, -0.15) is 0 Å². The van der Waals surface area contributed by atoms with E-state index in [0.29, 0.717) is 0 Å². The van der Waals surface area contributed by atoms with Crippen LogP contribution in [0.15, 0.2) is 18.2 Å². The second kappa shape index (κ2) is 4.73. The molecule has 0 radical (unpaired) electrons. The third-order valence-electron chi connectivity index (χ3n) is 3.39. The van der Waals surface area contributed by atoms with Crippen LogP contribution in [-0.2, 0) is 0 Å². The molecule has 0 aliphatic carbocycles. The zero-order chi connectivity index (χ0) is 11.5. The minimum absolute atomic E-state index is 0.289. The zero-order valence-corrected chi connectivity index (χ0v) is 9.75. The van der Waals surface area contributed by atoms with Crippen LogP contribution >= 0.6 is 0 Å². The maximum atomic E-state index is 13.4. The summed E-state index contributed by atoms with van der Waals surface area (Å²) in [7, 11) is 0. The molecule has 1 aromatic rings. The topological polar surface area (TPSA) is 29.3 Å². The Morgan fingerprint density at radius 3 is 2.94 bits per heavy atom. The third-order valence-corrected chi connectivity index (χ3v) is 3.39. The number of halogens is 1. The van der Waals surface area contributed by atoms with E-state index >= 15 is 0 Å². The van der Waals surface area contributed by atoms with Crippen molar-refractivity contribution in [1.29, 1.82) is 0 Å². The second-order valence-electron chi connectivity index (χ2n) is 4.70. The Balaban J connectivity index is 2.20. The Kier molecular flexibility index (Phi) is 3.32. The van der Waals surface area contributed by atoms with E-state index in [4.69, 9.17) is 5.73 Å². The highest BCUT2D eigenvalue weighted by molar-refractivity contribution is 5.68. The maximum absolute atomic E-state index is 13.4. The van der Waals surface area contributed by atoms with Crippen molar-refractivity contribution in [2.75, 3.05) is 23.7 Å². The Morgan fingerprint density at radius 1 is 1.31 bits per heavy atom. The summed E-state index contributed by atoms with van der Waals surface area (Å²) in [5.41, 5.74) is 6.93. The molecule has 0 spiro atoms. The number of para-hydroxylation sites is 1. The minimum Gasteiger partial charge on any atom is -0.395 e. The summed E-state index contributed by atoms with van der Waals surface area (Å²) in [4.78, 5) is 2.21. The van der Waals surface area contributed by atoms with Crippen molar-refractivity contribution >= 4 is 11.4 Å². The molecule has 16 heavy (non-hydrogen) atoms. The Labute approximate surface area is 96.2 Å². The first-order valence-electron chi connectivity index (χ1n) is 5.97. The summed E-state index contributed by atoms with van der Waals surface area (Å²) in [6.07, 6.45) is 3.58. The summed E-state index contributed by atoms with van der Waals surface area (Å²) in [5.74, 6) is 0.453. The zero-order valence-electron chi connectivity index (χ0n) is 9.75. The lowest BCUT2D eigenvalue weighted by molar-refractivity contribution is 0.521. The van der Waals surface area contributed by atoms with Gasteiger partial charge in [-0.25, -0.2) is 4.39 Å². The molecule has 2 nitrogen and oxygen atoms in total. The highest BCUT2D eigenvalue weighted by Gasteiger charge is 2.16. The average molecular weight is 222 g/mol. The molecule has 1 aliphatic rings. The molecule has 1 atom stereocenters. The first kappa shape index (κ1) is 11.2. The summed E-state index contributed by atoms with van der Waals surface area (Å²) >= 11 is 0. The summed E-state index contributed by atoms with van der Waals surface area (Å²) in [5, 5.41) is 0. The second-order valence-corrected chi connectivity index (χ2v) is 4.70. The van der Waals surface area contributed by atoms with Crippen LogP contribution in [0.3, 0.4) is 0 Å². The largest absolute Gasteiger partial charge is 0.395 e. The highest BCUT2D eigenvalue weighted by Crippen LogP contribution is 2.28. The first-order valence-corrected chi connectivity index (χ1v) is 5.97. The molecule has 1 aromatic carbocycles. The minimum atomic E-state index is -0.310. The van der Waals surface area contributed by atoms with Crippen molar-refractivity contribution in [3.63, 3.8) is 0 Å². The smallest absolute Gasteiger partial charge is 0.148 e. The average Bonchev–Trinajstić information content (AvgIpc) is 2.47. The monoisotopic (exact) mass is 222 g/mol. The van der Waals surface area contributed by atoms with Crippen molar-refractivity contribution < 1.29 is 4.39 Å². The van der Waals surface area contributed by atoms with Crippen molar-refractivity contribution in [1.82, 2.24) is 0 Å². The number of hydrogen-bond donors (Lipinski definition) is 1. The van der Waals surface area contributed by atoms with Crippen LogP contribution in [0.5, 0.6) is 0 Å². The molecule has 88 valence electrons. The van der Waals surface area contributed by atoms with Crippen molar-refractivity contribution in [3.8, 4) is 0 Å². The number of rotatable bonds is 1. The molecule has 1 fully saturated rings. The van der Waals surface area contributed by atoms with Crippen LogP contribution in [0.25, 0.3) is 0 Å². The van der Waals surface area contributed by atoms with Gasteiger partial charge in [-0.05, 0) is 37.3 Å². The lowest BCUT2D eigenvalue weighted by Crippen LogP contribution is -2.25. The van der Waals surface area contributed by atoms with Crippen LogP contribution in [-0.4, -0.2) is 13.1 Å². The Morgan fingerprint density at radius 2 is 2.12 bits per heavy atom. The SMILES string of the molecule is CC1CCCN(c2cccc(F)c2N)CC1. The predicted molar refractivity (Wildman–Crippen MR) is 66.0 cm³/mol. The van der Waals surface area contributed by atoms with E-state index in [1.165, 1.54) is 12.5 Å². The molecule has 1 heterocycles. The van der Waals surface area contributed by atoms with E-state index in [2.05, 4.69) is 11.8 Å². The number of nitrogen functional groups attached to an aromatic ring is 1. The van der Waals surface area contributed by atoms with Crippen molar-refractivity contribution in [2.45, 2.75) is 26.2 Å². The van der Waals surface area contributed by atoms with Crippen molar-refractivity contribution in [2.24, 2.45) is 5.92 Å². The predicted octanol–water partition coefficient (Wildman–Crippen LogP) is 3.03. The molecule has 1 saturated heterocycles. The standard InChI is InChI=1S/C13H19FN2/c1-10-4-3-8-16(9-7-10)12-6-2-5-11(14)13(12)15/h2,5-6,10H,3-4,7-9,15H2,1H3. The molecule has 2 rings (SSSR count). The fourth-order valence-electron chi connectivity index (χ4n) is 2.31. The molecule has 0 amide bonds. The number of nitrogens with zero attached hydrogens (tertiary/aromatic N) is 1. The molecular weight excluding hydrogens is 203 g/mol. The molecule has 0 bridgehead atoms. The van der Waals surface area contributed by atoms with Crippen LogP contribution in [0, 0.1) is 11.7 Å². The molecule has 2 N–H and O–H groups in total. The van der Waals surface area contributed by atoms with E-state index in [-0.39, 0.29) is 11.5 Å². The van der Waals surface area contributed by atoms with E-state index in [1.807, 2.05) is 6.07 Å². The molecule has 1 aliphatic heterocycles. The van der Waals surface area contributed by atoms with Gasteiger partial charge in [-0.3, -0.25) is 0 Å². The summed E-state index contributed by atoms with van der Waals surface area (Å²) in [6.45, 7) is 4.24. The molecule has 0 aromatic heterocycles. The van der Waals surface area contributed by atoms with E-state index < -0.39 is 0 Å². The van der Waals surface area contributed by atoms with Gasteiger partial charge in [0, 0.05) is 13.1 Å². The van der Waals surface area contributed by atoms with Crippen LogP contribution in [0.2, 0.25) is 0 Å². The maximum Gasteiger partial charge on any atom is 0.148 e. The van der Waals surface area contributed by atoms with E-state index in [9.17, 15) is 4.39 Å². The van der Waals surface area contributed by atoms with Gasteiger partial charge in [0.1, 0.15) is 5.82 Å². The highest BCUT2D eigenvalue weighted by atomic mass is 19.1. The molecule has 3 heteroatoms. The quantitative estimate of drug-likeness (QED) is 0.740. The van der Waals surface area contributed by atoms with Crippen LogP contribution in [0.1, 0.15) is 26.2 Å². The normalized spacial score (nSPS) is 21.9. The van der Waals surface area contributed by atoms with Gasteiger partial charge in [0.15, 0.2) is 0 Å². The van der Waals surface area contributed by atoms with Gasteiger partial charge in [-0.1, -0.05) is 13.0 Å². The number of anilines is 2. The van der Waals surface area contributed by atoms with Crippen LogP contribution < -0.4 is 10.6 Å². The molecule has 1 unspecified atom stereocenters. The third kappa shape index (κ3) is 2.29. The van der Waals surface area contributed by atoms with Gasteiger partial charge in [0.05, 0.1) is 11.4 Å². The Hall–Kier alpha value is -1.25. The van der Waals surface area contributed by atoms with Gasteiger partial charge in [0.25, 0.3) is 0 Å². The van der Waals surface area contributed by atoms with Gasteiger partial charge in [0.2, 0.25) is 0 Å². The fourth-order valence-corrected chi connectivity index (χ4v) is 2.31. The molecule has 0 saturated carbocycles. The molecular formula is C13H19FN2. The van der Waals surface area contributed by atoms with E-state index in [0.717, 1.165) is 37.5 Å². The van der Waals surface area contributed by atoms with E-state index in [1.54, 1.807) is 6.07 Å². The van der Waals surface area contributed by atoms with Crippen molar-refractivity contribution in [3.05, 3.63) is 24.0 Å². The number of hydrogen-bond acceptors (Lipinski definition) is 2. The van der Waals surface area contributed by atoms with Gasteiger partial charge in [-0.15, -0.1) is 0 Å². The van der Waals surface area contributed by atoms with Gasteiger partial charge >= 0.3 is 0 Å².